The summed E-state index contributed by atoms with van der Waals surface area (Å²) in [5.41, 5.74) is 1.92. The molecule has 0 bridgehead atoms. The van der Waals surface area contributed by atoms with Crippen LogP contribution in [0.25, 0.3) is 0 Å². The largest absolute Gasteiger partial charge is 0.497 e. The zero-order valence-corrected chi connectivity index (χ0v) is 15.5. The van der Waals surface area contributed by atoms with Crippen LogP contribution in [-0.2, 0) is 12.0 Å². The SMILES string of the molecule is COc1cccc(C2(O)c3cc(OC)ccc3CCC2CN(C)C)c1. The monoisotopic (exact) mass is 341 g/mol. The van der Waals surface area contributed by atoms with Crippen molar-refractivity contribution in [3.8, 4) is 11.5 Å². The smallest absolute Gasteiger partial charge is 0.119 e. The van der Waals surface area contributed by atoms with E-state index in [0.717, 1.165) is 42.0 Å². The summed E-state index contributed by atoms with van der Waals surface area (Å²) in [5.74, 6) is 1.62. The molecule has 1 aliphatic rings. The number of methoxy groups -OCH3 is 2. The van der Waals surface area contributed by atoms with Crippen molar-refractivity contribution in [1.29, 1.82) is 0 Å². The van der Waals surface area contributed by atoms with E-state index in [0.29, 0.717) is 0 Å². The third-order valence-corrected chi connectivity index (χ3v) is 5.18. The molecule has 0 radical (unpaired) electrons. The van der Waals surface area contributed by atoms with Gasteiger partial charge in [-0.3, -0.25) is 0 Å². The van der Waals surface area contributed by atoms with E-state index in [1.165, 1.54) is 5.56 Å². The van der Waals surface area contributed by atoms with Gasteiger partial charge in [-0.05, 0) is 67.9 Å². The van der Waals surface area contributed by atoms with Gasteiger partial charge in [0, 0.05) is 12.5 Å². The number of hydrogen-bond acceptors (Lipinski definition) is 4. The van der Waals surface area contributed by atoms with Crippen LogP contribution in [0.15, 0.2) is 42.5 Å². The molecule has 0 aromatic heterocycles. The predicted octanol–water partition coefficient (Wildman–Crippen LogP) is 3.06. The Morgan fingerprint density at radius 1 is 1.08 bits per heavy atom. The van der Waals surface area contributed by atoms with Gasteiger partial charge in [0.15, 0.2) is 0 Å². The molecule has 0 aliphatic heterocycles. The highest BCUT2D eigenvalue weighted by atomic mass is 16.5. The molecule has 1 aliphatic carbocycles. The van der Waals surface area contributed by atoms with Crippen molar-refractivity contribution >= 4 is 0 Å². The molecule has 134 valence electrons. The Bertz CT molecular complexity index is 744. The van der Waals surface area contributed by atoms with Gasteiger partial charge in [-0.1, -0.05) is 18.2 Å². The van der Waals surface area contributed by atoms with Crippen molar-refractivity contribution in [2.75, 3.05) is 34.9 Å². The van der Waals surface area contributed by atoms with Gasteiger partial charge in [0.1, 0.15) is 17.1 Å². The average molecular weight is 341 g/mol. The van der Waals surface area contributed by atoms with Gasteiger partial charge in [0.25, 0.3) is 0 Å². The van der Waals surface area contributed by atoms with Crippen molar-refractivity contribution in [1.82, 2.24) is 4.90 Å². The van der Waals surface area contributed by atoms with E-state index in [4.69, 9.17) is 9.47 Å². The molecule has 4 heteroatoms. The minimum atomic E-state index is -1.07. The zero-order chi connectivity index (χ0) is 18.0. The quantitative estimate of drug-likeness (QED) is 0.908. The summed E-state index contributed by atoms with van der Waals surface area (Å²) in [6, 6.07) is 13.8. The van der Waals surface area contributed by atoms with Gasteiger partial charge in [-0.25, -0.2) is 0 Å². The summed E-state index contributed by atoms with van der Waals surface area (Å²) in [4.78, 5) is 2.14. The highest BCUT2D eigenvalue weighted by Gasteiger charge is 2.44. The molecular formula is C21H27NO3. The van der Waals surface area contributed by atoms with E-state index < -0.39 is 5.60 Å². The number of ether oxygens (including phenoxy) is 2. The highest BCUT2D eigenvalue weighted by molar-refractivity contribution is 5.49. The second-order valence-electron chi connectivity index (χ2n) is 7.02. The van der Waals surface area contributed by atoms with Crippen molar-refractivity contribution < 1.29 is 14.6 Å². The van der Waals surface area contributed by atoms with Crippen LogP contribution in [0, 0.1) is 5.92 Å². The maximum atomic E-state index is 12.0. The molecule has 0 fully saturated rings. The van der Waals surface area contributed by atoms with E-state index in [-0.39, 0.29) is 5.92 Å². The molecule has 2 atom stereocenters. The first-order valence-corrected chi connectivity index (χ1v) is 8.68. The number of rotatable bonds is 5. The lowest BCUT2D eigenvalue weighted by molar-refractivity contribution is -0.00668. The minimum absolute atomic E-state index is 0.0919. The minimum Gasteiger partial charge on any atom is -0.497 e. The molecule has 25 heavy (non-hydrogen) atoms. The fourth-order valence-corrected chi connectivity index (χ4v) is 3.93. The van der Waals surface area contributed by atoms with Gasteiger partial charge in [-0.15, -0.1) is 0 Å². The van der Waals surface area contributed by atoms with Crippen LogP contribution in [-0.4, -0.2) is 44.9 Å². The molecule has 0 amide bonds. The Morgan fingerprint density at radius 2 is 1.80 bits per heavy atom. The normalized spacial score (nSPS) is 22.6. The van der Waals surface area contributed by atoms with E-state index in [9.17, 15) is 5.11 Å². The molecular weight excluding hydrogens is 314 g/mol. The lowest BCUT2D eigenvalue weighted by Crippen LogP contribution is -2.45. The van der Waals surface area contributed by atoms with Crippen LogP contribution in [0.5, 0.6) is 11.5 Å². The fraction of sp³-hybridized carbons (Fsp3) is 0.429. The van der Waals surface area contributed by atoms with E-state index >= 15 is 0 Å². The molecule has 0 saturated carbocycles. The Balaban J connectivity index is 2.18. The first kappa shape index (κ1) is 17.8. The van der Waals surface area contributed by atoms with E-state index in [1.807, 2.05) is 50.5 Å². The number of hydrogen-bond donors (Lipinski definition) is 1. The van der Waals surface area contributed by atoms with Gasteiger partial charge < -0.3 is 19.5 Å². The predicted molar refractivity (Wildman–Crippen MR) is 99.4 cm³/mol. The second kappa shape index (κ2) is 7.06. The molecule has 0 saturated heterocycles. The molecule has 1 N–H and O–H groups in total. The topological polar surface area (TPSA) is 41.9 Å². The third-order valence-electron chi connectivity index (χ3n) is 5.18. The summed E-state index contributed by atoms with van der Waals surface area (Å²) in [6.45, 7) is 0.810. The standard InChI is InChI=1S/C21H27NO3/c1-22(2)14-17-10-8-15-9-11-19(25-4)13-20(15)21(17,23)16-6-5-7-18(12-16)24-3/h5-7,9,11-13,17,23H,8,10,14H2,1-4H3. The number of fused-ring (bicyclic) bond motifs is 1. The first-order valence-electron chi connectivity index (χ1n) is 8.68. The number of nitrogens with zero attached hydrogens (tertiary/aromatic N) is 1. The molecule has 2 aromatic rings. The summed E-state index contributed by atoms with van der Waals surface area (Å²) in [5, 5.41) is 12.0. The third kappa shape index (κ3) is 3.24. The molecule has 2 unspecified atom stereocenters. The van der Waals surface area contributed by atoms with Gasteiger partial charge in [0.05, 0.1) is 14.2 Å². The fourth-order valence-electron chi connectivity index (χ4n) is 3.93. The van der Waals surface area contributed by atoms with Crippen molar-refractivity contribution in [2.24, 2.45) is 5.92 Å². The average Bonchev–Trinajstić information content (AvgIpc) is 2.63. The van der Waals surface area contributed by atoms with Gasteiger partial charge >= 0.3 is 0 Å². The Hall–Kier alpha value is -2.04. The summed E-state index contributed by atoms with van der Waals surface area (Å²) in [6.07, 6.45) is 1.90. The molecule has 3 rings (SSSR count). The molecule has 0 heterocycles. The van der Waals surface area contributed by atoms with Crippen LogP contribution in [0.3, 0.4) is 0 Å². The maximum Gasteiger partial charge on any atom is 0.119 e. The number of benzene rings is 2. The van der Waals surface area contributed by atoms with Gasteiger partial charge in [-0.2, -0.15) is 0 Å². The van der Waals surface area contributed by atoms with Gasteiger partial charge in [0.2, 0.25) is 0 Å². The van der Waals surface area contributed by atoms with E-state index in [2.05, 4.69) is 11.0 Å². The number of aryl methyl sites for hydroxylation is 1. The van der Waals surface area contributed by atoms with Crippen molar-refractivity contribution in [2.45, 2.75) is 18.4 Å². The Kier molecular flexibility index (Phi) is 5.02. The second-order valence-corrected chi connectivity index (χ2v) is 7.02. The van der Waals surface area contributed by atoms with Crippen molar-refractivity contribution in [3.63, 3.8) is 0 Å². The van der Waals surface area contributed by atoms with Crippen LogP contribution >= 0.6 is 0 Å². The lowest BCUT2D eigenvalue weighted by atomic mass is 9.68. The van der Waals surface area contributed by atoms with Crippen LogP contribution in [0.2, 0.25) is 0 Å². The zero-order valence-electron chi connectivity index (χ0n) is 15.5. The summed E-state index contributed by atoms with van der Waals surface area (Å²) >= 11 is 0. The molecule has 0 spiro atoms. The highest BCUT2D eigenvalue weighted by Crippen LogP contribution is 2.46. The Labute approximate surface area is 150 Å². The van der Waals surface area contributed by atoms with E-state index in [1.54, 1.807) is 14.2 Å². The Morgan fingerprint density at radius 3 is 2.48 bits per heavy atom. The summed E-state index contributed by atoms with van der Waals surface area (Å²) in [7, 11) is 7.41. The number of aliphatic hydroxyl groups is 1. The summed E-state index contributed by atoms with van der Waals surface area (Å²) < 4.78 is 10.8. The van der Waals surface area contributed by atoms with Crippen molar-refractivity contribution in [3.05, 3.63) is 59.2 Å². The lowest BCUT2D eigenvalue weighted by Gasteiger charge is -2.43. The van der Waals surface area contributed by atoms with Crippen LogP contribution in [0.1, 0.15) is 23.1 Å². The van der Waals surface area contributed by atoms with Crippen LogP contribution in [0.4, 0.5) is 0 Å². The molecule has 4 nitrogen and oxygen atoms in total. The molecule has 2 aromatic carbocycles. The maximum absolute atomic E-state index is 12.0. The first-order chi connectivity index (χ1) is 12.0. The van der Waals surface area contributed by atoms with Crippen LogP contribution < -0.4 is 9.47 Å².